The van der Waals surface area contributed by atoms with E-state index in [9.17, 15) is 13.2 Å². The van der Waals surface area contributed by atoms with Crippen molar-refractivity contribution >= 4 is 27.3 Å². The molecule has 146 valence electrons. The normalized spacial score (nSPS) is 17.8. The molecule has 2 heterocycles. The second kappa shape index (κ2) is 8.41. The molecule has 0 aliphatic carbocycles. The van der Waals surface area contributed by atoms with Crippen molar-refractivity contribution in [2.24, 2.45) is 0 Å². The van der Waals surface area contributed by atoms with Gasteiger partial charge in [0.05, 0.1) is 6.54 Å². The minimum Gasteiger partial charge on any atom is -0.492 e. The van der Waals surface area contributed by atoms with Gasteiger partial charge in [-0.15, -0.1) is 11.3 Å². The summed E-state index contributed by atoms with van der Waals surface area (Å²) in [5, 5.41) is 1.73. The Hall–Kier alpha value is -1.90. The van der Waals surface area contributed by atoms with E-state index in [1.54, 1.807) is 29.5 Å². The number of carbonyl (C=O) groups is 1. The lowest BCUT2D eigenvalue weighted by Gasteiger charge is -2.27. The summed E-state index contributed by atoms with van der Waals surface area (Å²) in [6.07, 6.45) is 1.24. The number of nitrogens with zero attached hydrogens (tertiary/aromatic N) is 2. The fraction of sp³-hybridized carbons (Fsp3) is 0.421. The zero-order valence-electron chi connectivity index (χ0n) is 15.5. The van der Waals surface area contributed by atoms with Gasteiger partial charge in [-0.05, 0) is 48.9 Å². The smallest absolute Gasteiger partial charge is 0.253 e. The number of sulfonamides is 1. The molecule has 2 aromatic rings. The second-order valence-electron chi connectivity index (χ2n) is 6.63. The van der Waals surface area contributed by atoms with Crippen molar-refractivity contribution in [2.75, 3.05) is 26.7 Å². The van der Waals surface area contributed by atoms with Gasteiger partial charge in [0, 0.05) is 13.6 Å². The summed E-state index contributed by atoms with van der Waals surface area (Å²) in [7, 11) is -1.93. The van der Waals surface area contributed by atoms with Gasteiger partial charge in [0.1, 0.15) is 22.6 Å². The summed E-state index contributed by atoms with van der Waals surface area (Å²) in [4.78, 5) is 14.4. The Bertz CT molecular complexity index is 881. The molecule has 0 spiro atoms. The third-order valence-electron chi connectivity index (χ3n) is 4.61. The topological polar surface area (TPSA) is 66.9 Å². The first-order chi connectivity index (χ1) is 12.9. The van der Waals surface area contributed by atoms with Gasteiger partial charge in [-0.3, -0.25) is 4.79 Å². The Morgan fingerprint density at radius 3 is 2.85 bits per heavy atom. The molecular formula is C19H24N2O4S2. The number of likely N-dealkylation sites (N-methyl/N-ethyl adjacent to an activating group) is 1. The Morgan fingerprint density at radius 2 is 2.15 bits per heavy atom. The zero-order chi connectivity index (χ0) is 19.4. The predicted octanol–water partition coefficient (Wildman–Crippen LogP) is 2.75. The maximum Gasteiger partial charge on any atom is 0.253 e. The van der Waals surface area contributed by atoms with Crippen molar-refractivity contribution in [2.45, 2.75) is 30.0 Å². The minimum absolute atomic E-state index is 0.180. The van der Waals surface area contributed by atoms with E-state index >= 15 is 0 Å². The van der Waals surface area contributed by atoms with Crippen LogP contribution in [0.3, 0.4) is 0 Å². The molecule has 1 fully saturated rings. The van der Waals surface area contributed by atoms with Crippen molar-refractivity contribution in [3.63, 3.8) is 0 Å². The standard InChI is InChI=1S/C19H24N2O4S2/c1-15-6-3-7-16(14-15)25-12-11-20(2)19(22)17-8-4-10-21(17)27(23,24)18-9-5-13-26-18/h3,5-7,9,13-14,17H,4,8,10-12H2,1-2H3. The number of carbonyl (C=O) groups excluding carboxylic acids is 1. The highest BCUT2D eigenvalue weighted by Crippen LogP contribution is 2.29. The molecule has 0 N–H and O–H groups in total. The maximum atomic E-state index is 12.8. The van der Waals surface area contributed by atoms with Crippen molar-refractivity contribution in [1.82, 2.24) is 9.21 Å². The molecule has 1 aromatic carbocycles. The first kappa shape index (κ1) is 19.9. The Balaban J connectivity index is 1.60. The lowest BCUT2D eigenvalue weighted by atomic mass is 10.2. The third kappa shape index (κ3) is 4.51. The number of amides is 1. The largest absolute Gasteiger partial charge is 0.492 e. The van der Waals surface area contributed by atoms with E-state index in [-0.39, 0.29) is 10.1 Å². The number of aryl methyl sites for hydroxylation is 1. The minimum atomic E-state index is -3.62. The average Bonchev–Trinajstić information content (AvgIpc) is 3.33. The van der Waals surface area contributed by atoms with E-state index in [2.05, 4.69) is 0 Å². The quantitative estimate of drug-likeness (QED) is 0.707. The van der Waals surface area contributed by atoms with Gasteiger partial charge in [-0.1, -0.05) is 18.2 Å². The molecule has 27 heavy (non-hydrogen) atoms. The van der Waals surface area contributed by atoms with Crippen LogP contribution in [-0.4, -0.2) is 56.3 Å². The Labute approximate surface area is 164 Å². The van der Waals surface area contributed by atoms with Crippen LogP contribution in [0.25, 0.3) is 0 Å². The Morgan fingerprint density at radius 1 is 1.33 bits per heavy atom. The molecule has 6 nitrogen and oxygen atoms in total. The van der Waals surface area contributed by atoms with Crippen LogP contribution >= 0.6 is 11.3 Å². The molecule has 1 aliphatic heterocycles. The molecule has 1 aliphatic rings. The van der Waals surface area contributed by atoms with Crippen LogP contribution in [-0.2, 0) is 14.8 Å². The van der Waals surface area contributed by atoms with Crippen LogP contribution in [0.4, 0.5) is 0 Å². The highest BCUT2D eigenvalue weighted by Gasteiger charge is 2.40. The van der Waals surface area contributed by atoms with Gasteiger partial charge in [-0.2, -0.15) is 4.31 Å². The summed E-state index contributed by atoms with van der Waals surface area (Å²) in [6.45, 7) is 3.13. The molecule has 0 bridgehead atoms. The number of hydrogen-bond acceptors (Lipinski definition) is 5. The monoisotopic (exact) mass is 408 g/mol. The van der Waals surface area contributed by atoms with Gasteiger partial charge in [-0.25, -0.2) is 8.42 Å². The molecule has 3 rings (SSSR count). The predicted molar refractivity (Wildman–Crippen MR) is 106 cm³/mol. The first-order valence-electron chi connectivity index (χ1n) is 8.89. The highest BCUT2D eigenvalue weighted by molar-refractivity contribution is 7.91. The fourth-order valence-electron chi connectivity index (χ4n) is 3.17. The van der Waals surface area contributed by atoms with E-state index in [1.807, 2.05) is 31.2 Å². The molecule has 1 unspecified atom stereocenters. The number of hydrogen-bond donors (Lipinski definition) is 0. The summed E-state index contributed by atoms with van der Waals surface area (Å²) in [6, 6.07) is 10.4. The van der Waals surface area contributed by atoms with Crippen LogP contribution in [0.15, 0.2) is 46.0 Å². The summed E-state index contributed by atoms with van der Waals surface area (Å²) in [5.41, 5.74) is 1.11. The molecule has 0 radical (unpaired) electrons. The van der Waals surface area contributed by atoms with Crippen molar-refractivity contribution in [3.8, 4) is 5.75 Å². The fourth-order valence-corrected chi connectivity index (χ4v) is 5.94. The summed E-state index contributed by atoms with van der Waals surface area (Å²) < 4.78 is 32.9. The molecular weight excluding hydrogens is 384 g/mol. The van der Waals surface area contributed by atoms with Gasteiger partial charge >= 0.3 is 0 Å². The summed E-state index contributed by atoms with van der Waals surface area (Å²) in [5.74, 6) is 0.582. The number of thiophene rings is 1. The molecule has 0 saturated carbocycles. The van der Waals surface area contributed by atoms with Gasteiger partial charge in [0.2, 0.25) is 5.91 Å². The van der Waals surface area contributed by atoms with Crippen LogP contribution in [0.2, 0.25) is 0 Å². The molecule has 1 amide bonds. The molecule has 8 heteroatoms. The summed E-state index contributed by atoms with van der Waals surface area (Å²) >= 11 is 1.18. The third-order valence-corrected chi connectivity index (χ3v) is 7.89. The maximum absolute atomic E-state index is 12.8. The lowest BCUT2D eigenvalue weighted by molar-refractivity contribution is -0.133. The molecule has 1 saturated heterocycles. The van der Waals surface area contributed by atoms with Gasteiger partial charge < -0.3 is 9.64 Å². The van der Waals surface area contributed by atoms with E-state index < -0.39 is 16.1 Å². The van der Waals surface area contributed by atoms with Gasteiger partial charge in [0.15, 0.2) is 0 Å². The van der Waals surface area contributed by atoms with Crippen molar-refractivity contribution in [1.29, 1.82) is 0 Å². The zero-order valence-corrected chi connectivity index (χ0v) is 17.1. The van der Waals surface area contributed by atoms with Crippen LogP contribution < -0.4 is 4.74 Å². The van der Waals surface area contributed by atoms with E-state index in [0.717, 1.165) is 11.3 Å². The second-order valence-corrected chi connectivity index (χ2v) is 9.70. The van der Waals surface area contributed by atoms with Crippen LogP contribution in [0, 0.1) is 6.92 Å². The van der Waals surface area contributed by atoms with Crippen LogP contribution in [0.1, 0.15) is 18.4 Å². The van der Waals surface area contributed by atoms with E-state index in [0.29, 0.717) is 32.5 Å². The molecule has 1 aromatic heterocycles. The van der Waals surface area contributed by atoms with Gasteiger partial charge in [0.25, 0.3) is 10.0 Å². The van der Waals surface area contributed by atoms with E-state index in [1.165, 1.54) is 15.6 Å². The van der Waals surface area contributed by atoms with Crippen molar-refractivity contribution < 1.29 is 17.9 Å². The van der Waals surface area contributed by atoms with Crippen molar-refractivity contribution in [3.05, 3.63) is 47.3 Å². The highest BCUT2D eigenvalue weighted by atomic mass is 32.2. The SMILES string of the molecule is Cc1cccc(OCCN(C)C(=O)C2CCCN2S(=O)(=O)c2cccs2)c1. The van der Waals surface area contributed by atoms with Crippen LogP contribution in [0.5, 0.6) is 5.75 Å². The number of rotatable bonds is 7. The first-order valence-corrected chi connectivity index (χ1v) is 11.2. The molecule has 1 atom stereocenters. The number of ether oxygens (including phenoxy) is 1. The average molecular weight is 409 g/mol. The Kier molecular flexibility index (Phi) is 6.18. The number of benzene rings is 1. The lowest BCUT2D eigenvalue weighted by Crippen LogP contribution is -2.47. The van der Waals surface area contributed by atoms with E-state index in [4.69, 9.17) is 4.74 Å².